The molecule has 40 heavy (non-hydrogen) atoms. The first kappa shape index (κ1) is 33.6. The second kappa shape index (κ2) is 11.3. The van der Waals surface area contributed by atoms with Gasteiger partial charge in [-0.15, -0.1) is 0 Å². The third-order valence-corrected chi connectivity index (χ3v) is 9.96. The van der Waals surface area contributed by atoms with E-state index in [4.69, 9.17) is 14.2 Å². The van der Waals surface area contributed by atoms with Crippen LogP contribution >= 0.6 is 0 Å². The summed E-state index contributed by atoms with van der Waals surface area (Å²) < 4.78 is 17.2. The Morgan fingerprint density at radius 3 is 2.27 bits per heavy atom. The van der Waals surface area contributed by atoms with E-state index in [-0.39, 0.29) is 69.3 Å². The first-order valence-electron chi connectivity index (χ1n) is 13.5. The average Bonchev–Trinajstić information content (AvgIpc) is 2.81. The van der Waals surface area contributed by atoms with Crippen molar-refractivity contribution in [2.45, 2.75) is 116 Å². The van der Waals surface area contributed by atoms with Gasteiger partial charge in [-0.05, 0) is 32.3 Å². The fourth-order valence-corrected chi connectivity index (χ4v) is 7.44. The molecule has 1 radical (unpaired) electrons. The predicted molar refractivity (Wildman–Crippen MR) is 136 cm³/mol. The van der Waals surface area contributed by atoms with Gasteiger partial charge in [-0.3, -0.25) is 14.4 Å². The van der Waals surface area contributed by atoms with Crippen molar-refractivity contribution in [2.24, 2.45) is 16.7 Å². The zero-order valence-electron chi connectivity index (χ0n) is 24.3. The molecule has 0 aromatic rings. The monoisotopic (exact) mass is 778 g/mol. The number of rotatable bonds is 5. The maximum absolute atomic E-state index is 14.0. The zero-order valence-corrected chi connectivity index (χ0v) is 29.0. The Balaban J connectivity index is 0.00000441. The smallest absolute Gasteiger partial charge is 0.337 e. The molecule has 221 valence electrons. The molecule has 1 unspecified atom stereocenters. The van der Waals surface area contributed by atoms with Crippen molar-refractivity contribution in [2.75, 3.05) is 6.61 Å². The predicted octanol–water partition coefficient (Wildman–Crippen LogP) is 0.712. The molecule has 4 rings (SSSR count). The van der Waals surface area contributed by atoms with Crippen LogP contribution in [0.4, 0.5) is 0 Å². The van der Waals surface area contributed by atoms with Crippen LogP contribution in [0.5, 0.6) is 0 Å². The van der Waals surface area contributed by atoms with Crippen LogP contribution in [0.2, 0.25) is 0 Å². The van der Waals surface area contributed by atoms with Gasteiger partial charge in [0.25, 0.3) is 0 Å². The van der Waals surface area contributed by atoms with Crippen molar-refractivity contribution < 1.29 is 92.8 Å². The average molecular weight is 779 g/mol. The summed E-state index contributed by atoms with van der Waals surface area (Å²) in [5, 5.41) is 37.4. The van der Waals surface area contributed by atoms with Crippen molar-refractivity contribution in [3.05, 3.63) is 11.1 Å². The van der Waals surface area contributed by atoms with Crippen molar-refractivity contribution in [1.82, 2.24) is 5.32 Å². The Morgan fingerprint density at radius 1 is 1.12 bits per heavy atom. The minimum Gasteiger partial charge on any atom is -0.459 e. The van der Waals surface area contributed by atoms with E-state index in [1.54, 1.807) is 27.7 Å². The number of aliphatic hydroxyl groups is 3. The Labute approximate surface area is 270 Å². The number of hydrogen-bond donors (Lipinski definition) is 4. The topological polar surface area (TPSA) is 169 Å². The molecule has 0 spiro atoms. The Morgan fingerprint density at radius 2 is 1.75 bits per heavy atom. The number of nitrogens with one attached hydrogen (secondary N) is 1. The maximum atomic E-state index is 14.0. The van der Waals surface area contributed by atoms with Gasteiger partial charge in [-0.1, -0.05) is 26.3 Å². The van der Waals surface area contributed by atoms with Crippen LogP contribution in [-0.2, 0) is 33.4 Å². The van der Waals surface area contributed by atoms with Gasteiger partial charge in [0, 0.05) is 87.5 Å². The number of carbonyl (C=O) groups excluding carboxylic acids is 4. The van der Waals surface area contributed by atoms with Gasteiger partial charge in [-0.2, -0.15) is 0 Å². The van der Waals surface area contributed by atoms with Crippen molar-refractivity contribution in [3.8, 4) is 0 Å². The van der Waals surface area contributed by atoms with E-state index in [1.165, 1.54) is 20.8 Å². The molecule has 2 bridgehead atoms. The van der Waals surface area contributed by atoms with Crippen LogP contribution in [0, 0.1) is 60.8 Å². The van der Waals surface area contributed by atoms with Gasteiger partial charge in [-0.25, -0.2) is 4.79 Å². The van der Waals surface area contributed by atoms with Crippen molar-refractivity contribution >= 4 is 23.6 Å². The third-order valence-electron chi connectivity index (χ3n) is 9.96. The molecule has 1 amide bonds. The standard InChI is InChI=1S/C28H41NO10.Ac/c1-13-17-10-19(32)26(7)9-8-20-27(35,12-37-20)22(26)23(38-16(4)31)28(36,25(17,5)6)11-18(13)39-24(34)21(33)14(2)29-15(3)30;/h14,18,20-23,33,35-36H,8-12H2,1-7H3,(H,29,30);/t14-,18-,20+,21+,22-,23?,26-,27-,28+;/m0./s1. The largest absolute Gasteiger partial charge is 0.459 e. The van der Waals surface area contributed by atoms with E-state index in [0.29, 0.717) is 24.0 Å². The minimum absolute atomic E-state index is 0. The van der Waals surface area contributed by atoms with E-state index < -0.39 is 76.3 Å². The number of aliphatic hydroxyl groups excluding tert-OH is 1. The summed E-state index contributed by atoms with van der Waals surface area (Å²) in [6.45, 7) is 10.8. The van der Waals surface area contributed by atoms with E-state index in [1.807, 2.05) is 0 Å². The second-order valence-electron chi connectivity index (χ2n) is 12.6. The Hall–Kier alpha value is -0.898. The van der Waals surface area contributed by atoms with Crippen molar-refractivity contribution in [3.63, 3.8) is 0 Å². The molecule has 1 aliphatic heterocycles. The number of ether oxygens (including phenoxy) is 3. The number of hydrogen-bond acceptors (Lipinski definition) is 10. The number of carbonyl (C=O) groups is 4. The number of fused-ring (bicyclic) bond motifs is 5. The first-order valence-corrected chi connectivity index (χ1v) is 13.5. The molecule has 0 aromatic heterocycles. The fourth-order valence-electron chi connectivity index (χ4n) is 7.44. The number of amides is 1. The molecule has 2 saturated carbocycles. The first-order chi connectivity index (χ1) is 17.9. The summed E-state index contributed by atoms with van der Waals surface area (Å²) in [5.41, 5.74) is -4.48. The van der Waals surface area contributed by atoms with Gasteiger partial charge in [0.2, 0.25) is 5.91 Å². The summed E-state index contributed by atoms with van der Waals surface area (Å²) in [6.07, 6.45) is -4.06. The summed E-state index contributed by atoms with van der Waals surface area (Å²) in [7, 11) is 0. The van der Waals surface area contributed by atoms with Gasteiger partial charge in [0.1, 0.15) is 29.2 Å². The number of Topliss-reactive ketones (excluding diaryl/α,β-unsaturated/α-hetero) is 1. The normalized spacial score (nSPS) is 39.5. The van der Waals surface area contributed by atoms with E-state index in [0.717, 1.165) is 0 Å². The Kier molecular flexibility index (Phi) is 9.50. The summed E-state index contributed by atoms with van der Waals surface area (Å²) in [4.78, 5) is 50.9. The van der Waals surface area contributed by atoms with Gasteiger partial charge in [0.15, 0.2) is 6.10 Å². The number of ketones is 1. The molecule has 4 N–H and O–H groups in total. The van der Waals surface area contributed by atoms with Crippen LogP contribution in [0.3, 0.4) is 0 Å². The van der Waals surface area contributed by atoms with Crippen LogP contribution in [0.25, 0.3) is 0 Å². The number of esters is 2. The molecule has 9 atom stereocenters. The fraction of sp³-hybridized carbons (Fsp3) is 0.786. The zero-order chi connectivity index (χ0) is 29.3. The van der Waals surface area contributed by atoms with Crippen LogP contribution in [0.1, 0.15) is 74.1 Å². The summed E-state index contributed by atoms with van der Waals surface area (Å²) in [5.74, 6) is -3.27. The quantitative estimate of drug-likeness (QED) is 0.231. The molecule has 11 nitrogen and oxygen atoms in total. The van der Waals surface area contributed by atoms with Crippen LogP contribution in [-0.4, -0.2) is 87.2 Å². The molecule has 4 aliphatic rings. The molecular formula is C28H41AcNO10. The molecule has 0 aromatic carbocycles. The summed E-state index contributed by atoms with van der Waals surface area (Å²) in [6, 6.07) is -0.931. The third kappa shape index (κ3) is 5.13. The summed E-state index contributed by atoms with van der Waals surface area (Å²) >= 11 is 0. The van der Waals surface area contributed by atoms with Gasteiger partial charge >= 0.3 is 11.9 Å². The van der Waals surface area contributed by atoms with Crippen LogP contribution < -0.4 is 5.32 Å². The van der Waals surface area contributed by atoms with Gasteiger partial charge < -0.3 is 34.8 Å². The van der Waals surface area contributed by atoms with Crippen LogP contribution in [0.15, 0.2) is 11.1 Å². The SMILES string of the molecule is CC(=O)N[C@@H](C)[C@@H](O)C(=O)O[C@H]1C[C@@]2(O)C(OC(C)=O)[C@@H]3[C@]4(O)CO[C@@H]4CC[C@@]3(C)C(=O)CC(=C1C)C2(C)C.[Ac]. The van der Waals surface area contributed by atoms with E-state index in [9.17, 15) is 34.5 Å². The molecule has 12 heteroatoms. The van der Waals surface area contributed by atoms with Gasteiger partial charge in [0.05, 0.1) is 18.8 Å². The minimum atomic E-state index is -1.87. The Bertz CT molecular complexity index is 1120. The molecule has 3 aliphatic carbocycles. The molecule has 3 fully saturated rings. The van der Waals surface area contributed by atoms with Crippen molar-refractivity contribution in [1.29, 1.82) is 0 Å². The maximum Gasteiger partial charge on any atom is 0.337 e. The van der Waals surface area contributed by atoms with E-state index in [2.05, 4.69) is 5.32 Å². The molecule has 1 saturated heterocycles. The van der Waals surface area contributed by atoms with E-state index >= 15 is 0 Å². The second-order valence-corrected chi connectivity index (χ2v) is 12.6. The molecular weight excluding hydrogens is 737 g/mol. The molecule has 1 heterocycles.